The molecule has 2 fully saturated rings. The van der Waals surface area contributed by atoms with Gasteiger partial charge in [0.1, 0.15) is 11.2 Å². The summed E-state index contributed by atoms with van der Waals surface area (Å²) in [6.07, 6.45) is 4.56. The van der Waals surface area contributed by atoms with E-state index in [0.717, 1.165) is 24.8 Å². The van der Waals surface area contributed by atoms with Crippen molar-refractivity contribution in [2.24, 2.45) is 5.92 Å². The smallest absolute Gasteiger partial charge is 0.322 e. The van der Waals surface area contributed by atoms with Gasteiger partial charge in [-0.25, -0.2) is 4.79 Å². The number of nitrogens with zero attached hydrogens (tertiary/aromatic N) is 1. The molecule has 23 heavy (non-hydrogen) atoms. The Labute approximate surface area is 134 Å². The molecule has 1 spiro atoms. The molecule has 7 heteroatoms. The predicted molar refractivity (Wildman–Crippen MR) is 82.7 cm³/mol. The largest absolute Gasteiger partial charge is 0.350 e. The highest BCUT2D eigenvalue weighted by Crippen LogP contribution is 2.37. The Morgan fingerprint density at radius 1 is 1.48 bits per heavy atom. The van der Waals surface area contributed by atoms with Crippen LogP contribution in [0.3, 0.4) is 0 Å². The molecule has 1 aliphatic carbocycles. The van der Waals surface area contributed by atoms with Gasteiger partial charge in [0.05, 0.1) is 0 Å². The number of pyridine rings is 1. The molecular formula is C16H20N4O3. The molecule has 0 bridgehead atoms. The number of amides is 4. The van der Waals surface area contributed by atoms with Crippen LogP contribution in [0.2, 0.25) is 0 Å². The van der Waals surface area contributed by atoms with Gasteiger partial charge in [0, 0.05) is 18.7 Å². The summed E-state index contributed by atoms with van der Waals surface area (Å²) in [4.78, 5) is 40.1. The minimum Gasteiger partial charge on any atom is -0.350 e. The minimum atomic E-state index is -0.873. The van der Waals surface area contributed by atoms with Gasteiger partial charge < -0.3 is 10.6 Å². The van der Waals surface area contributed by atoms with Crippen LogP contribution < -0.4 is 16.0 Å². The van der Waals surface area contributed by atoms with Gasteiger partial charge in [0.25, 0.3) is 11.8 Å². The summed E-state index contributed by atoms with van der Waals surface area (Å²) >= 11 is 0. The summed E-state index contributed by atoms with van der Waals surface area (Å²) < 4.78 is 0. The second kappa shape index (κ2) is 5.98. The van der Waals surface area contributed by atoms with Gasteiger partial charge in [-0.3, -0.25) is 19.9 Å². The van der Waals surface area contributed by atoms with Crippen molar-refractivity contribution in [3.05, 3.63) is 29.6 Å². The number of carbonyl (C=O) groups excluding carboxylic acids is 3. The van der Waals surface area contributed by atoms with Crippen molar-refractivity contribution in [1.82, 2.24) is 20.9 Å². The first-order valence-electron chi connectivity index (χ1n) is 7.92. The van der Waals surface area contributed by atoms with Crippen molar-refractivity contribution in [2.75, 3.05) is 6.54 Å². The molecule has 0 aromatic carbocycles. The van der Waals surface area contributed by atoms with Gasteiger partial charge >= 0.3 is 6.03 Å². The maximum absolute atomic E-state index is 12.4. The summed E-state index contributed by atoms with van der Waals surface area (Å²) in [6, 6.07) is 3.23. The topological polar surface area (TPSA) is 100 Å². The van der Waals surface area contributed by atoms with E-state index < -0.39 is 11.6 Å². The predicted octanol–water partition coefficient (Wildman–Crippen LogP) is 0.752. The lowest BCUT2D eigenvalue weighted by Crippen LogP contribution is -2.53. The van der Waals surface area contributed by atoms with Gasteiger partial charge in [-0.15, -0.1) is 0 Å². The van der Waals surface area contributed by atoms with Crippen molar-refractivity contribution in [3.63, 3.8) is 0 Å². The zero-order chi connectivity index (χ0) is 16.4. The van der Waals surface area contributed by atoms with E-state index in [2.05, 4.69) is 20.9 Å². The van der Waals surface area contributed by atoms with Crippen molar-refractivity contribution >= 4 is 17.8 Å². The molecule has 1 aliphatic heterocycles. The lowest BCUT2D eigenvalue weighted by molar-refractivity contribution is -0.125. The minimum absolute atomic E-state index is 0.105. The Balaban J connectivity index is 1.69. The van der Waals surface area contributed by atoms with Crippen LogP contribution >= 0.6 is 0 Å². The van der Waals surface area contributed by atoms with Crippen LogP contribution in [0.1, 0.15) is 42.2 Å². The number of carbonyl (C=O) groups is 3. The Morgan fingerprint density at radius 3 is 3.00 bits per heavy atom. The van der Waals surface area contributed by atoms with E-state index in [-0.39, 0.29) is 17.7 Å². The third-order valence-electron chi connectivity index (χ3n) is 4.79. The number of imide groups is 1. The molecule has 3 rings (SSSR count). The molecule has 122 valence electrons. The Kier molecular flexibility index (Phi) is 4.02. The normalized spacial score (nSPS) is 26.2. The first-order chi connectivity index (χ1) is 11.1. The number of hydrogen-bond acceptors (Lipinski definition) is 4. The summed E-state index contributed by atoms with van der Waals surface area (Å²) in [5.41, 5.74) is 0.433. The van der Waals surface area contributed by atoms with Gasteiger partial charge in [-0.05, 0) is 30.9 Å². The maximum atomic E-state index is 12.4. The van der Waals surface area contributed by atoms with Gasteiger partial charge in [-0.2, -0.15) is 0 Å². The standard InChI is InChI=1S/C16H20N4O3/c1-2-10-5-4-8-17-12(10)13(21)18-9-11-6-3-7-16(11)14(22)19-15(23)20-16/h4-5,8,11H,2-3,6-7,9H2,1H3,(H,18,21)(H2,19,20,22,23). The molecule has 0 radical (unpaired) electrons. The van der Waals surface area contributed by atoms with Gasteiger partial charge in [0.2, 0.25) is 0 Å². The second-order valence-corrected chi connectivity index (χ2v) is 6.04. The van der Waals surface area contributed by atoms with Crippen LogP contribution in [0.25, 0.3) is 0 Å². The SMILES string of the molecule is CCc1cccnc1C(=O)NCC1CCCC12NC(=O)NC2=O. The quantitative estimate of drug-likeness (QED) is 0.714. The zero-order valence-electron chi connectivity index (χ0n) is 13.0. The molecule has 1 saturated carbocycles. The highest BCUT2D eigenvalue weighted by molar-refractivity contribution is 6.07. The number of aryl methyl sites for hydroxylation is 1. The van der Waals surface area contributed by atoms with Crippen molar-refractivity contribution in [2.45, 2.75) is 38.1 Å². The van der Waals surface area contributed by atoms with Crippen molar-refractivity contribution in [3.8, 4) is 0 Å². The molecule has 4 amide bonds. The van der Waals surface area contributed by atoms with E-state index in [4.69, 9.17) is 0 Å². The molecule has 3 N–H and O–H groups in total. The number of urea groups is 1. The summed E-state index contributed by atoms with van der Waals surface area (Å²) in [5.74, 6) is -0.632. The van der Waals surface area contributed by atoms with Crippen molar-refractivity contribution < 1.29 is 14.4 Å². The van der Waals surface area contributed by atoms with Crippen LogP contribution in [0, 0.1) is 5.92 Å². The fourth-order valence-electron chi connectivity index (χ4n) is 3.55. The van der Waals surface area contributed by atoms with Crippen LogP contribution in [0.4, 0.5) is 4.79 Å². The summed E-state index contributed by atoms with van der Waals surface area (Å²) in [5, 5.41) is 7.92. The highest BCUT2D eigenvalue weighted by Gasteiger charge is 2.54. The fourth-order valence-corrected chi connectivity index (χ4v) is 3.55. The number of nitrogens with one attached hydrogen (secondary N) is 3. The van der Waals surface area contributed by atoms with Crippen LogP contribution in [-0.4, -0.2) is 34.9 Å². The third-order valence-corrected chi connectivity index (χ3v) is 4.79. The monoisotopic (exact) mass is 316 g/mol. The molecule has 2 atom stereocenters. The summed E-state index contributed by atoms with van der Waals surface area (Å²) in [7, 11) is 0. The van der Waals surface area contributed by atoms with E-state index in [9.17, 15) is 14.4 Å². The Hall–Kier alpha value is -2.44. The summed E-state index contributed by atoms with van der Waals surface area (Å²) in [6.45, 7) is 2.31. The lowest BCUT2D eigenvalue weighted by Gasteiger charge is -2.28. The second-order valence-electron chi connectivity index (χ2n) is 6.04. The van der Waals surface area contributed by atoms with Crippen LogP contribution in [0.15, 0.2) is 18.3 Å². The molecule has 1 saturated heterocycles. The average molecular weight is 316 g/mol. The fraction of sp³-hybridized carbons (Fsp3) is 0.500. The first-order valence-corrected chi connectivity index (χ1v) is 7.92. The molecule has 2 aliphatic rings. The van der Waals surface area contributed by atoms with Gasteiger partial charge in [0.15, 0.2) is 0 Å². The van der Waals surface area contributed by atoms with Gasteiger partial charge in [-0.1, -0.05) is 19.4 Å². The number of hydrogen-bond donors (Lipinski definition) is 3. The van der Waals surface area contributed by atoms with E-state index in [1.165, 1.54) is 0 Å². The van der Waals surface area contributed by atoms with E-state index >= 15 is 0 Å². The van der Waals surface area contributed by atoms with E-state index in [1.54, 1.807) is 12.3 Å². The van der Waals surface area contributed by atoms with Crippen LogP contribution in [0.5, 0.6) is 0 Å². The molecule has 2 unspecified atom stereocenters. The molecule has 2 heterocycles. The zero-order valence-corrected chi connectivity index (χ0v) is 13.0. The Morgan fingerprint density at radius 2 is 2.30 bits per heavy atom. The van der Waals surface area contributed by atoms with Crippen molar-refractivity contribution in [1.29, 1.82) is 0 Å². The van der Waals surface area contributed by atoms with Crippen LogP contribution in [-0.2, 0) is 11.2 Å². The number of rotatable bonds is 4. The highest BCUT2D eigenvalue weighted by atomic mass is 16.2. The first kappa shape index (κ1) is 15.5. The number of aromatic nitrogens is 1. The molecule has 7 nitrogen and oxygen atoms in total. The molecular weight excluding hydrogens is 296 g/mol. The maximum Gasteiger partial charge on any atom is 0.322 e. The molecule has 1 aromatic heterocycles. The lowest BCUT2D eigenvalue weighted by atomic mass is 9.87. The Bertz CT molecular complexity index is 660. The van der Waals surface area contributed by atoms with E-state index in [1.807, 2.05) is 13.0 Å². The average Bonchev–Trinajstić information content (AvgIpc) is 3.08. The molecule has 1 aromatic rings. The van der Waals surface area contributed by atoms with E-state index in [0.29, 0.717) is 18.7 Å². The third kappa shape index (κ3) is 2.67.